The maximum Gasteiger partial charge on any atom is 0.161 e. The Morgan fingerprint density at radius 2 is 1.70 bits per heavy atom. The molecule has 1 aromatic rings. The highest BCUT2D eigenvalue weighted by Crippen LogP contribution is 2.36. The Kier molecular flexibility index (Phi) is 5.84. The zero-order valence-corrected chi connectivity index (χ0v) is 13.3. The monoisotopic (exact) mass is 282 g/mol. The van der Waals surface area contributed by atoms with Gasteiger partial charge < -0.3 is 19.3 Å². The van der Waals surface area contributed by atoms with Crippen molar-refractivity contribution in [1.82, 2.24) is 0 Å². The fraction of sp³-hybridized carbons (Fsp3) is 0.625. The highest BCUT2D eigenvalue weighted by molar-refractivity contribution is 5.43. The number of aliphatic hydroxyl groups is 1. The molecule has 4 heteroatoms. The van der Waals surface area contributed by atoms with Gasteiger partial charge in [0.05, 0.1) is 20.3 Å². The van der Waals surface area contributed by atoms with Crippen LogP contribution in [-0.2, 0) is 4.74 Å². The van der Waals surface area contributed by atoms with Crippen LogP contribution in [0.1, 0.15) is 39.4 Å². The van der Waals surface area contributed by atoms with Crippen molar-refractivity contribution >= 4 is 0 Å². The minimum Gasteiger partial charge on any atom is -0.493 e. The van der Waals surface area contributed by atoms with Crippen molar-refractivity contribution in [3.8, 4) is 11.5 Å². The molecule has 0 aliphatic carbocycles. The SMILES string of the molecule is CCOC(C(O)c1ccc(OC)c(OC)c1)C(C)(C)C. The lowest BCUT2D eigenvalue weighted by Gasteiger charge is -2.34. The van der Waals surface area contributed by atoms with E-state index in [1.165, 1.54) is 0 Å². The Labute approximate surface area is 121 Å². The van der Waals surface area contributed by atoms with Crippen LogP contribution in [0.3, 0.4) is 0 Å². The molecule has 1 N–H and O–H groups in total. The smallest absolute Gasteiger partial charge is 0.161 e. The summed E-state index contributed by atoms with van der Waals surface area (Å²) in [6, 6.07) is 5.42. The van der Waals surface area contributed by atoms with E-state index in [2.05, 4.69) is 20.8 Å². The minimum atomic E-state index is -0.713. The highest BCUT2D eigenvalue weighted by Gasteiger charge is 2.33. The molecule has 0 saturated carbocycles. The van der Waals surface area contributed by atoms with Crippen molar-refractivity contribution < 1.29 is 19.3 Å². The summed E-state index contributed by atoms with van der Waals surface area (Å²) in [6.07, 6.45) is -1.000. The van der Waals surface area contributed by atoms with Gasteiger partial charge in [0.15, 0.2) is 11.5 Å². The average molecular weight is 282 g/mol. The molecule has 114 valence electrons. The van der Waals surface area contributed by atoms with Gasteiger partial charge in [-0.3, -0.25) is 0 Å². The van der Waals surface area contributed by atoms with Crippen molar-refractivity contribution in [3.63, 3.8) is 0 Å². The molecule has 0 radical (unpaired) electrons. The summed E-state index contributed by atoms with van der Waals surface area (Å²) in [4.78, 5) is 0. The first-order valence-corrected chi connectivity index (χ1v) is 6.86. The van der Waals surface area contributed by atoms with Gasteiger partial charge in [-0.1, -0.05) is 26.8 Å². The lowest BCUT2D eigenvalue weighted by molar-refractivity contribution is -0.0899. The predicted molar refractivity (Wildman–Crippen MR) is 79.4 cm³/mol. The van der Waals surface area contributed by atoms with E-state index in [0.29, 0.717) is 18.1 Å². The van der Waals surface area contributed by atoms with Crippen LogP contribution in [0.2, 0.25) is 0 Å². The van der Waals surface area contributed by atoms with E-state index in [1.54, 1.807) is 26.4 Å². The third kappa shape index (κ3) is 3.87. The number of rotatable bonds is 6. The summed E-state index contributed by atoms with van der Waals surface area (Å²) in [5.41, 5.74) is 0.596. The molecule has 2 atom stereocenters. The van der Waals surface area contributed by atoms with Gasteiger partial charge in [-0.05, 0) is 30.0 Å². The summed E-state index contributed by atoms with van der Waals surface area (Å²) in [5.74, 6) is 1.25. The molecule has 0 aliphatic rings. The molecule has 20 heavy (non-hydrogen) atoms. The summed E-state index contributed by atoms with van der Waals surface area (Å²) in [5, 5.41) is 10.6. The first-order chi connectivity index (χ1) is 9.35. The van der Waals surface area contributed by atoms with E-state index in [9.17, 15) is 5.11 Å². The molecule has 0 heterocycles. The molecule has 4 nitrogen and oxygen atoms in total. The number of hydrogen-bond donors (Lipinski definition) is 1. The number of aliphatic hydroxyl groups excluding tert-OH is 1. The molecule has 1 rings (SSSR count). The van der Waals surface area contributed by atoms with Gasteiger partial charge in [-0.2, -0.15) is 0 Å². The van der Waals surface area contributed by atoms with Crippen LogP contribution in [-0.4, -0.2) is 32.0 Å². The number of methoxy groups -OCH3 is 2. The van der Waals surface area contributed by atoms with Gasteiger partial charge in [0.2, 0.25) is 0 Å². The van der Waals surface area contributed by atoms with Gasteiger partial charge in [0, 0.05) is 6.61 Å². The first-order valence-electron chi connectivity index (χ1n) is 6.86. The van der Waals surface area contributed by atoms with Crippen LogP contribution >= 0.6 is 0 Å². The van der Waals surface area contributed by atoms with Gasteiger partial charge in [-0.25, -0.2) is 0 Å². The fourth-order valence-electron chi connectivity index (χ4n) is 2.21. The summed E-state index contributed by atoms with van der Waals surface area (Å²) < 4.78 is 16.2. The topological polar surface area (TPSA) is 47.9 Å². The molecule has 0 amide bonds. The van der Waals surface area contributed by atoms with Crippen molar-refractivity contribution in [2.75, 3.05) is 20.8 Å². The van der Waals surface area contributed by atoms with Gasteiger partial charge in [0.1, 0.15) is 6.10 Å². The maximum atomic E-state index is 10.6. The molecular formula is C16H26O4. The maximum absolute atomic E-state index is 10.6. The van der Waals surface area contributed by atoms with E-state index in [-0.39, 0.29) is 11.5 Å². The number of ether oxygens (including phenoxy) is 3. The van der Waals surface area contributed by atoms with Crippen LogP contribution in [0.4, 0.5) is 0 Å². The minimum absolute atomic E-state index is 0.164. The lowest BCUT2D eigenvalue weighted by Crippen LogP contribution is -2.35. The average Bonchev–Trinajstić information content (AvgIpc) is 2.41. The van der Waals surface area contributed by atoms with E-state index in [0.717, 1.165) is 5.56 Å². The van der Waals surface area contributed by atoms with E-state index >= 15 is 0 Å². The van der Waals surface area contributed by atoms with E-state index in [4.69, 9.17) is 14.2 Å². The molecule has 0 aromatic heterocycles. The van der Waals surface area contributed by atoms with Crippen molar-refractivity contribution in [1.29, 1.82) is 0 Å². The summed E-state index contributed by atoms with van der Waals surface area (Å²) in [7, 11) is 3.17. The van der Waals surface area contributed by atoms with E-state index in [1.807, 2.05) is 13.0 Å². The Balaban J connectivity index is 3.08. The summed E-state index contributed by atoms with van der Waals surface area (Å²) in [6.45, 7) is 8.65. The zero-order valence-electron chi connectivity index (χ0n) is 13.3. The van der Waals surface area contributed by atoms with Crippen molar-refractivity contribution in [2.45, 2.75) is 39.9 Å². The Morgan fingerprint density at radius 1 is 1.10 bits per heavy atom. The standard InChI is InChI=1S/C16H26O4/c1-7-20-15(16(2,3)4)14(17)11-8-9-12(18-5)13(10-11)19-6/h8-10,14-15,17H,7H2,1-6H3. The van der Waals surface area contributed by atoms with Crippen molar-refractivity contribution in [2.24, 2.45) is 5.41 Å². The second-order valence-corrected chi connectivity index (χ2v) is 5.80. The highest BCUT2D eigenvalue weighted by atomic mass is 16.5. The fourth-order valence-corrected chi connectivity index (χ4v) is 2.21. The van der Waals surface area contributed by atoms with Gasteiger partial charge in [0.25, 0.3) is 0 Å². The quantitative estimate of drug-likeness (QED) is 0.870. The van der Waals surface area contributed by atoms with E-state index < -0.39 is 6.10 Å². The third-order valence-electron chi connectivity index (χ3n) is 3.24. The zero-order chi connectivity index (χ0) is 15.3. The van der Waals surface area contributed by atoms with Crippen LogP contribution in [0.15, 0.2) is 18.2 Å². The lowest BCUT2D eigenvalue weighted by atomic mass is 9.83. The summed E-state index contributed by atoms with van der Waals surface area (Å²) >= 11 is 0. The number of benzene rings is 1. The van der Waals surface area contributed by atoms with Crippen LogP contribution in [0.25, 0.3) is 0 Å². The second-order valence-electron chi connectivity index (χ2n) is 5.80. The molecule has 1 aromatic carbocycles. The predicted octanol–water partition coefficient (Wildman–Crippen LogP) is 3.19. The molecule has 0 spiro atoms. The van der Waals surface area contributed by atoms with Gasteiger partial charge in [-0.15, -0.1) is 0 Å². The molecule has 0 aliphatic heterocycles. The number of hydrogen-bond acceptors (Lipinski definition) is 4. The van der Waals surface area contributed by atoms with Crippen LogP contribution in [0.5, 0.6) is 11.5 Å². The Bertz CT molecular complexity index is 423. The van der Waals surface area contributed by atoms with Crippen molar-refractivity contribution in [3.05, 3.63) is 23.8 Å². The Hall–Kier alpha value is -1.26. The molecule has 0 saturated heterocycles. The van der Waals surface area contributed by atoms with Crippen LogP contribution < -0.4 is 9.47 Å². The van der Waals surface area contributed by atoms with Gasteiger partial charge >= 0.3 is 0 Å². The third-order valence-corrected chi connectivity index (χ3v) is 3.24. The second kappa shape index (κ2) is 6.95. The molecule has 0 fully saturated rings. The normalized spacial score (nSPS) is 14.8. The molecular weight excluding hydrogens is 256 g/mol. The largest absolute Gasteiger partial charge is 0.493 e. The van der Waals surface area contributed by atoms with Crippen LogP contribution in [0, 0.1) is 5.41 Å². The Morgan fingerprint density at radius 3 is 2.15 bits per heavy atom. The molecule has 2 unspecified atom stereocenters. The molecule has 0 bridgehead atoms. The first kappa shape index (κ1) is 16.8.